The SMILES string of the molecule is CC(C)(C)OC(=O)N[C@@H](Cc1cc(Cl)ccc1I)C(=O)O. The number of carboxylic acid groups (broad SMARTS) is 1. The number of halogens is 2. The number of hydrogen-bond donors (Lipinski definition) is 2. The van der Waals surface area contributed by atoms with Gasteiger partial charge in [-0.3, -0.25) is 0 Å². The van der Waals surface area contributed by atoms with Crippen LogP contribution in [0.3, 0.4) is 0 Å². The molecule has 0 aliphatic heterocycles. The third kappa shape index (κ3) is 6.52. The smallest absolute Gasteiger partial charge is 0.408 e. The molecule has 0 bridgehead atoms. The predicted octanol–water partition coefficient (Wildman–Crippen LogP) is 3.47. The van der Waals surface area contributed by atoms with Crippen molar-refractivity contribution in [2.24, 2.45) is 0 Å². The average molecular weight is 426 g/mol. The maximum absolute atomic E-state index is 11.7. The van der Waals surface area contributed by atoms with Gasteiger partial charge in [-0.15, -0.1) is 0 Å². The van der Waals surface area contributed by atoms with Crippen LogP contribution >= 0.6 is 34.2 Å². The molecule has 7 heteroatoms. The van der Waals surface area contributed by atoms with E-state index in [1.54, 1.807) is 39.0 Å². The van der Waals surface area contributed by atoms with Crippen molar-refractivity contribution in [3.8, 4) is 0 Å². The van der Waals surface area contributed by atoms with Crippen molar-refractivity contribution in [2.45, 2.75) is 38.8 Å². The summed E-state index contributed by atoms with van der Waals surface area (Å²) in [5, 5.41) is 12.1. The summed E-state index contributed by atoms with van der Waals surface area (Å²) in [6.45, 7) is 5.13. The van der Waals surface area contributed by atoms with Gasteiger partial charge in [0.1, 0.15) is 11.6 Å². The second-order valence-electron chi connectivity index (χ2n) is 5.48. The lowest BCUT2D eigenvalue weighted by molar-refractivity contribution is -0.139. The summed E-state index contributed by atoms with van der Waals surface area (Å²) in [4.78, 5) is 23.0. The number of hydrogen-bond acceptors (Lipinski definition) is 3. The number of carbonyl (C=O) groups excluding carboxylic acids is 1. The van der Waals surface area contributed by atoms with Crippen LogP contribution in [0.15, 0.2) is 18.2 Å². The van der Waals surface area contributed by atoms with Crippen LogP contribution in [0.25, 0.3) is 0 Å². The lowest BCUT2D eigenvalue weighted by Gasteiger charge is -2.22. The minimum Gasteiger partial charge on any atom is -0.480 e. The third-order valence-corrected chi connectivity index (χ3v) is 3.71. The Bertz CT molecular complexity index is 542. The standard InChI is InChI=1S/C14H17ClINO4/c1-14(2,3)21-13(20)17-11(12(18)19)7-8-6-9(15)4-5-10(8)16/h4-6,11H,7H2,1-3H3,(H,17,20)(H,18,19)/t11-/m0/s1. The first-order chi connectivity index (χ1) is 9.58. The predicted molar refractivity (Wildman–Crippen MR) is 88.7 cm³/mol. The van der Waals surface area contributed by atoms with Crippen molar-refractivity contribution in [3.05, 3.63) is 32.4 Å². The van der Waals surface area contributed by atoms with Gasteiger partial charge in [-0.1, -0.05) is 11.6 Å². The lowest BCUT2D eigenvalue weighted by Crippen LogP contribution is -2.44. The van der Waals surface area contributed by atoms with E-state index in [0.29, 0.717) is 5.02 Å². The maximum atomic E-state index is 11.7. The van der Waals surface area contributed by atoms with Gasteiger partial charge in [-0.05, 0) is 67.1 Å². The van der Waals surface area contributed by atoms with Crippen LogP contribution in [-0.2, 0) is 16.0 Å². The quantitative estimate of drug-likeness (QED) is 0.725. The molecule has 0 saturated heterocycles. The normalized spacial score (nSPS) is 12.6. The van der Waals surface area contributed by atoms with E-state index in [9.17, 15) is 14.7 Å². The molecule has 5 nitrogen and oxygen atoms in total. The monoisotopic (exact) mass is 425 g/mol. The number of alkyl carbamates (subject to hydrolysis) is 1. The topological polar surface area (TPSA) is 75.6 Å². The van der Waals surface area contributed by atoms with E-state index < -0.39 is 23.7 Å². The zero-order valence-corrected chi connectivity index (χ0v) is 14.9. The van der Waals surface area contributed by atoms with E-state index >= 15 is 0 Å². The number of amides is 1. The molecule has 0 saturated carbocycles. The van der Waals surface area contributed by atoms with E-state index in [1.807, 2.05) is 0 Å². The Labute approximate surface area is 142 Å². The van der Waals surface area contributed by atoms with Gasteiger partial charge in [-0.2, -0.15) is 0 Å². The summed E-state index contributed by atoms with van der Waals surface area (Å²) in [5.41, 5.74) is 0.0732. The van der Waals surface area contributed by atoms with E-state index in [-0.39, 0.29) is 6.42 Å². The first-order valence-corrected chi connectivity index (χ1v) is 7.70. The fourth-order valence-corrected chi connectivity index (χ4v) is 2.32. The molecule has 0 aromatic heterocycles. The Balaban J connectivity index is 2.81. The summed E-state index contributed by atoms with van der Waals surface area (Å²) < 4.78 is 5.95. The van der Waals surface area contributed by atoms with Crippen molar-refractivity contribution < 1.29 is 19.4 Å². The lowest BCUT2D eigenvalue weighted by atomic mass is 10.1. The van der Waals surface area contributed by atoms with Gasteiger partial charge < -0.3 is 15.2 Å². The fourth-order valence-electron chi connectivity index (χ4n) is 1.57. The number of rotatable bonds is 4. The van der Waals surface area contributed by atoms with Crippen LogP contribution in [0.4, 0.5) is 4.79 Å². The number of ether oxygens (including phenoxy) is 1. The first-order valence-electron chi connectivity index (χ1n) is 6.25. The minimum atomic E-state index is -1.13. The van der Waals surface area contributed by atoms with Crippen LogP contribution < -0.4 is 5.32 Å². The highest BCUT2D eigenvalue weighted by atomic mass is 127. The van der Waals surface area contributed by atoms with Crippen molar-refractivity contribution in [3.63, 3.8) is 0 Å². The zero-order chi connectivity index (χ0) is 16.2. The van der Waals surface area contributed by atoms with E-state index in [1.165, 1.54) is 0 Å². The van der Waals surface area contributed by atoms with Gasteiger partial charge >= 0.3 is 12.1 Å². The largest absolute Gasteiger partial charge is 0.480 e. The van der Waals surface area contributed by atoms with Gasteiger partial charge in [0.25, 0.3) is 0 Å². The molecule has 0 fully saturated rings. The molecule has 0 aliphatic rings. The molecule has 116 valence electrons. The van der Waals surface area contributed by atoms with Crippen LogP contribution in [0.5, 0.6) is 0 Å². The number of carbonyl (C=O) groups is 2. The van der Waals surface area contributed by atoms with Gasteiger partial charge in [0, 0.05) is 15.0 Å². The summed E-state index contributed by atoms with van der Waals surface area (Å²) >= 11 is 8.00. The van der Waals surface area contributed by atoms with Crippen molar-refractivity contribution >= 4 is 46.3 Å². The molecule has 0 spiro atoms. The highest BCUT2D eigenvalue weighted by Crippen LogP contribution is 2.19. The second-order valence-corrected chi connectivity index (χ2v) is 7.08. The molecule has 0 radical (unpaired) electrons. The summed E-state index contributed by atoms with van der Waals surface area (Å²) in [6, 6.07) is 4.14. The van der Waals surface area contributed by atoms with Crippen molar-refractivity contribution in [1.29, 1.82) is 0 Å². The molecule has 1 amide bonds. The molecular formula is C14H17ClINO4. The van der Waals surface area contributed by atoms with Gasteiger partial charge in [0.05, 0.1) is 0 Å². The number of benzene rings is 1. The Morgan fingerprint density at radius 3 is 2.57 bits per heavy atom. The Hall–Kier alpha value is -1.02. The maximum Gasteiger partial charge on any atom is 0.408 e. The summed E-state index contributed by atoms with van der Waals surface area (Å²) in [7, 11) is 0. The molecule has 0 heterocycles. The highest BCUT2D eigenvalue weighted by molar-refractivity contribution is 14.1. The molecule has 0 aliphatic carbocycles. The molecule has 2 N–H and O–H groups in total. The molecular weight excluding hydrogens is 409 g/mol. The number of nitrogens with one attached hydrogen (secondary N) is 1. The number of aliphatic carboxylic acids is 1. The van der Waals surface area contributed by atoms with Crippen LogP contribution in [0.2, 0.25) is 5.02 Å². The molecule has 21 heavy (non-hydrogen) atoms. The third-order valence-electron chi connectivity index (χ3n) is 2.42. The zero-order valence-electron chi connectivity index (χ0n) is 11.9. The van der Waals surface area contributed by atoms with E-state index in [0.717, 1.165) is 9.13 Å². The number of carboxylic acids is 1. The fraction of sp³-hybridized carbons (Fsp3) is 0.429. The molecule has 0 unspecified atom stereocenters. The first kappa shape index (κ1) is 18.0. The van der Waals surface area contributed by atoms with E-state index in [4.69, 9.17) is 16.3 Å². The Morgan fingerprint density at radius 2 is 2.05 bits per heavy atom. The second kappa shape index (κ2) is 7.31. The van der Waals surface area contributed by atoms with Crippen molar-refractivity contribution in [1.82, 2.24) is 5.32 Å². The molecule has 1 aromatic carbocycles. The highest BCUT2D eigenvalue weighted by Gasteiger charge is 2.24. The van der Waals surface area contributed by atoms with Crippen molar-refractivity contribution in [2.75, 3.05) is 0 Å². The Kier molecular flexibility index (Phi) is 6.27. The minimum absolute atomic E-state index is 0.132. The van der Waals surface area contributed by atoms with Gasteiger partial charge in [-0.25, -0.2) is 9.59 Å². The molecule has 1 atom stereocenters. The molecule has 1 rings (SSSR count). The van der Waals surface area contributed by atoms with Crippen LogP contribution in [-0.4, -0.2) is 28.8 Å². The average Bonchev–Trinajstić information content (AvgIpc) is 2.30. The summed E-state index contributed by atoms with van der Waals surface area (Å²) in [5.74, 6) is -1.13. The van der Waals surface area contributed by atoms with Crippen LogP contribution in [0, 0.1) is 3.57 Å². The summed E-state index contributed by atoms with van der Waals surface area (Å²) in [6.07, 6.45) is -0.625. The van der Waals surface area contributed by atoms with E-state index in [2.05, 4.69) is 27.9 Å². The molecule has 1 aromatic rings. The Morgan fingerprint density at radius 1 is 1.43 bits per heavy atom. The van der Waals surface area contributed by atoms with Gasteiger partial charge in [0.15, 0.2) is 0 Å². The van der Waals surface area contributed by atoms with Crippen LogP contribution in [0.1, 0.15) is 26.3 Å². The van der Waals surface area contributed by atoms with Gasteiger partial charge in [0.2, 0.25) is 0 Å².